The fraction of sp³-hybridized carbons (Fsp3) is 0.0625. The highest BCUT2D eigenvalue weighted by Crippen LogP contribution is 2.36. The number of fused-ring (bicyclic) bond motifs is 1. The van der Waals surface area contributed by atoms with Crippen molar-refractivity contribution in [3.05, 3.63) is 64.3 Å². The Morgan fingerprint density at radius 3 is 2.45 bits per heavy atom. The van der Waals surface area contributed by atoms with E-state index in [4.69, 9.17) is 0 Å². The lowest BCUT2D eigenvalue weighted by Crippen LogP contribution is -2.05. The highest BCUT2D eigenvalue weighted by atomic mass is 16.6. The smallest absolute Gasteiger partial charge is 0.353 e. The predicted molar refractivity (Wildman–Crippen MR) is 82.0 cm³/mol. The van der Waals surface area contributed by atoms with E-state index in [0.717, 1.165) is 0 Å². The number of nitrogens with zero attached hydrogens (tertiary/aromatic N) is 2. The lowest BCUT2D eigenvalue weighted by Gasteiger charge is -2.03. The van der Waals surface area contributed by atoms with Crippen LogP contribution in [0.15, 0.2) is 48.5 Å². The van der Waals surface area contributed by atoms with Gasteiger partial charge in [-0.1, -0.05) is 30.3 Å². The minimum atomic E-state index is -1.07. The van der Waals surface area contributed by atoms with E-state index in [0.29, 0.717) is 22.0 Å². The number of benzene rings is 2. The number of hydrogen-bond donors (Lipinski definition) is 1. The molecule has 3 aromatic rings. The lowest BCUT2D eigenvalue weighted by atomic mass is 10.0. The van der Waals surface area contributed by atoms with Gasteiger partial charge in [-0.15, -0.1) is 0 Å². The van der Waals surface area contributed by atoms with Crippen LogP contribution >= 0.6 is 0 Å². The first kappa shape index (κ1) is 13.8. The van der Waals surface area contributed by atoms with Gasteiger partial charge in [0.25, 0.3) is 5.69 Å². The van der Waals surface area contributed by atoms with Crippen LogP contribution in [-0.4, -0.2) is 20.6 Å². The third kappa shape index (κ3) is 2.01. The second-order valence-corrected chi connectivity index (χ2v) is 4.91. The number of non-ortho nitro benzene ring substituents is 1. The molecule has 0 atom stereocenters. The number of aryl methyl sites for hydroxylation is 1. The van der Waals surface area contributed by atoms with Crippen LogP contribution in [0.2, 0.25) is 0 Å². The van der Waals surface area contributed by atoms with E-state index in [2.05, 4.69) is 0 Å². The van der Waals surface area contributed by atoms with Gasteiger partial charge in [0, 0.05) is 35.6 Å². The molecule has 0 amide bonds. The van der Waals surface area contributed by atoms with Gasteiger partial charge in [0.15, 0.2) is 0 Å². The number of rotatable bonds is 3. The summed E-state index contributed by atoms with van der Waals surface area (Å²) in [7, 11) is 1.64. The summed E-state index contributed by atoms with van der Waals surface area (Å²) in [6, 6.07) is 13.4. The van der Waals surface area contributed by atoms with E-state index in [1.807, 2.05) is 6.07 Å². The van der Waals surface area contributed by atoms with Gasteiger partial charge in [-0.3, -0.25) is 10.1 Å². The summed E-state index contributed by atoms with van der Waals surface area (Å²) in [6.45, 7) is 0. The minimum absolute atomic E-state index is 0.0628. The molecule has 1 heterocycles. The number of aromatic nitrogens is 1. The summed E-state index contributed by atoms with van der Waals surface area (Å²) in [5.74, 6) is -1.07. The summed E-state index contributed by atoms with van der Waals surface area (Å²) in [5, 5.41) is 21.1. The Bertz CT molecular complexity index is 897. The number of hydrogen-bond acceptors (Lipinski definition) is 3. The molecule has 0 spiro atoms. The lowest BCUT2D eigenvalue weighted by molar-refractivity contribution is -0.384. The number of carbonyl (C=O) groups is 1. The molecule has 3 rings (SSSR count). The van der Waals surface area contributed by atoms with Gasteiger partial charge in [-0.25, -0.2) is 4.79 Å². The largest absolute Gasteiger partial charge is 0.477 e. The van der Waals surface area contributed by atoms with E-state index in [1.165, 1.54) is 12.1 Å². The summed E-state index contributed by atoms with van der Waals surface area (Å²) < 4.78 is 1.55. The predicted octanol–water partition coefficient (Wildman–Crippen LogP) is 3.45. The highest BCUT2D eigenvalue weighted by Gasteiger charge is 2.23. The van der Waals surface area contributed by atoms with Gasteiger partial charge >= 0.3 is 5.97 Å². The first-order valence-corrected chi connectivity index (χ1v) is 6.56. The Labute approximate surface area is 125 Å². The third-order valence-electron chi connectivity index (χ3n) is 3.66. The zero-order valence-electron chi connectivity index (χ0n) is 11.7. The van der Waals surface area contributed by atoms with Crippen molar-refractivity contribution >= 4 is 22.6 Å². The van der Waals surface area contributed by atoms with Crippen molar-refractivity contribution in [1.29, 1.82) is 0 Å². The van der Waals surface area contributed by atoms with Crippen LogP contribution in [0.3, 0.4) is 0 Å². The summed E-state index contributed by atoms with van der Waals surface area (Å²) in [4.78, 5) is 22.2. The highest BCUT2D eigenvalue weighted by molar-refractivity contribution is 6.08. The molecule has 0 bridgehead atoms. The van der Waals surface area contributed by atoms with E-state index in [1.54, 1.807) is 41.9 Å². The van der Waals surface area contributed by atoms with Gasteiger partial charge in [-0.2, -0.15) is 0 Å². The number of nitro benzene ring substituents is 1. The maximum absolute atomic E-state index is 11.6. The van der Waals surface area contributed by atoms with E-state index in [-0.39, 0.29) is 11.4 Å². The molecule has 0 radical (unpaired) electrons. The Morgan fingerprint density at radius 1 is 1.18 bits per heavy atom. The van der Waals surface area contributed by atoms with Crippen LogP contribution in [0.4, 0.5) is 5.69 Å². The fourth-order valence-corrected chi connectivity index (χ4v) is 2.69. The molecule has 0 saturated heterocycles. The molecule has 0 aliphatic heterocycles. The fourth-order valence-electron chi connectivity index (χ4n) is 2.69. The number of carboxylic acid groups (broad SMARTS) is 1. The van der Waals surface area contributed by atoms with E-state index in [9.17, 15) is 20.0 Å². The first-order chi connectivity index (χ1) is 10.5. The zero-order chi connectivity index (χ0) is 15.9. The first-order valence-electron chi connectivity index (χ1n) is 6.56. The van der Waals surface area contributed by atoms with Crippen LogP contribution in [-0.2, 0) is 7.05 Å². The van der Waals surface area contributed by atoms with Gasteiger partial charge in [0.1, 0.15) is 5.69 Å². The molecular formula is C16H12N2O4. The SMILES string of the molecule is Cn1c(C(=O)O)c(-c2ccccc2)c2cc([N+](=O)[O-])ccc21. The number of aromatic carboxylic acids is 1. The van der Waals surface area contributed by atoms with E-state index >= 15 is 0 Å². The Kier molecular flexibility index (Phi) is 3.14. The molecule has 1 N–H and O–H groups in total. The topological polar surface area (TPSA) is 85.4 Å². The average molecular weight is 296 g/mol. The van der Waals surface area contributed by atoms with Crippen molar-refractivity contribution < 1.29 is 14.8 Å². The van der Waals surface area contributed by atoms with Crippen molar-refractivity contribution in [2.45, 2.75) is 0 Å². The standard InChI is InChI=1S/C16H12N2O4/c1-17-13-8-7-11(18(21)22)9-12(13)14(15(17)16(19)20)10-5-3-2-4-6-10/h2-9H,1H3,(H,19,20). The van der Waals surface area contributed by atoms with Crippen LogP contribution in [0.25, 0.3) is 22.0 Å². The van der Waals surface area contributed by atoms with Gasteiger partial charge in [0.05, 0.1) is 4.92 Å². The van der Waals surface area contributed by atoms with Gasteiger partial charge in [-0.05, 0) is 11.6 Å². The van der Waals surface area contributed by atoms with Crippen molar-refractivity contribution in [2.24, 2.45) is 7.05 Å². The molecular weight excluding hydrogens is 284 g/mol. The minimum Gasteiger partial charge on any atom is -0.477 e. The maximum Gasteiger partial charge on any atom is 0.353 e. The second kappa shape index (κ2) is 5.00. The van der Waals surface area contributed by atoms with Crippen LogP contribution in [0.5, 0.6) is 0 Å². The average Bonchev–Trinajstić information content (AvgIpc) is 2.80. The molecule has 0 aliphatic rings. The van der Waals surface area contributed by atoms with Crippen LogP contribution in [0.1, 0.15) is 10.5 Å². The van der Waals surface area contributed by atoms with Crippen LogP contribution in [0, 0.1) is 10.1 Å². The Hall–Kier alpha value is -3.15. The molecule has 0 saturated carbocycles. The molecule has 6 heteroatoms. The molecule has 22 heavy (non-hydrogen) atoms. The maximum atomic E-state index is 11.6. The summed E-state index contributed by atoms with van der Waals surface area (Å²) in [5.41, 5.74) is 1.90. The van der Waals surface area contributed by atoms with Gasteiger partial charge in [0.2, 0.25) is 0 Å². The Balaban J connectivity index is 2.45. The quantitative estimate of drug-likeness (QED) is 0.592. The number of carboxylic acids is 1. The Morgan fingerprint density at radius 2 is 1.86 bits per heavy atom. The molecule has 1 aromatic heterocycles. The summed E-state index contributed by atoms with van der Waals surface area (Å²) >= 11 is 0. The number of nitro groups is 1. The van der Waals surface area contributed by atoms with Crippen LogP contribution < -0.4 is 0 Å². The monoisotopic (exact) mass is 296 g/mol. The van der Waals surface area contributed by atoms with Crippen molar-refractivity contribution in [1.82, 2.24) is 4.57 Å². The summed E-state index contributed by atoms with van der Waals surface area (Å²) in [6.07, 6.45) is 0. The third-order valence-corrected chi connectivity index (χ3v) is 3.66. The molecule has 0 unspecified atom stereocenters. The second-order valence-electron chi connectivity index (χ2n) is 4.91. The molecule has 0 fully saturated rings. The molecule has 2 aromatic carbocycles. The molecule has 6 nitrogen and oxygen atoms in total. The molecule has 0 aliphatic carbocycles. The van der Waals surface area contributed by atoms with Crippen molar-refractivity contribution in [3.8, 4) is 11.1 Å². The normalized spacial score (nSPS) is 10.8. The molecule has 110 valence electrons. The van der Waals surface area contributed by atoms with Gasteiger partial charge < -0.3 is 9.67 Å². The van der Waals surface area contributed by atoms with E-state index < -0.39 is 10.9 Å². The van der Waals surface area contributed by atoms with Crippen molar-refractivity contribution in [3.63, 3.8) is 0 Å². The van der Waals surface area contributed by atoms with Crippen molar-refractivity contribution in [2.75, 3.05) is 0 Å². The zero-order valence-corrected chi connectivity index (χ0v) is 11.7.